The molecular weight excluding hydrogens is 421 g/mol. The number of rotatable bonds is 6. The lowest BCUT2D eigenvalue weighted by molar-refractivity contribution is 0.729. The van der Waals surface area contributed by atoms with E-state index in [0.717, 1.165) is 37.7 Å². The number of aliphatic imine (C=N–C) groups is 1. The fourth-order valence-electron chi connectivity index (χ4n) is 2.39. The van der Waals surface area contributed by atoms with Crippen molar-refractivity contribution >= 4 is 41.3 Å². The van der Waals surface area contributed by atoms with Crippen molar-refractivity contribution in [3.8, 4) is 0 Å². The third kappa shape index (κ3) is 5.80. The monoisotopic (exact) mass is 447 g/mol. The zero-order chi connectivity index (χ0) is 15.9. The topological polar surface area (TPSA) is 54.2 Å². The number of aryl methyl sites for hydroxylation is 2. The Kier molecular flexibility index (Phi) is 8.60. The minimum absolute atomic E-state index is 0. The van der Waals surface area contributed by atoms with Gasteiger partial charge in [0.25, 0.3) is 0 Å². The summed E-state index contributed by atoms with van der Waals surface area (Å²) in [6, 6.07) is 4.17. The van der Waals surface area contributed by atoms with Crippen molar-refractivity contribution in [1.82, 2.24) is 20.4 Å². The molecule has 128 valence electrons. The number of hydrogen-bond acceptors (Lipinski definition) is 3. The summed E-state index contributed by atoms with van der Waals surface area (Å²) in [4.78, 5) is 5.90. The van der Waals surface area contributed by atoms with Crippen LogP contribution in [0.3, 0.4) is 0 Å². The first-order chi connectivity index (χ1) is 10.6. The van der Waals surface area contributed by atoms with Gasteiger partial charge < -0.3 is 10.6 Å². The number of hydrogen-bond donors (Lipinski definition) is 2. The van der Waals surface area contributed by atoms with Crippen molar-refractivity contribution in [2.45, 2.75) is 33.7 Å². The first kappa shape index (κ1) is 20.0. The Morgan fingerprint density at radius 1 is 1.35 bits per heavy atom. The van der Waals surface area contributed by atoms with Crippen LogP contribution in [0.1, 0.15) is 28.8 Å². The zero-order valence-corrected chi connectivity index (χ0v) is 17.4. The molecule has 0 amide bonds. The fourth-order valence-corrected chi connectivity index (χ4v) is 3.01. The summed E-state index contributed by atoms with van der Waals surface area (Å²) in [6.07, 6.45) is 0.953. The van der Waals surface area contributed by atoms with E-state index >= 15 is 0 Å². The Balaban J connectivity index is 0.00000264. The van der Waals surface area contributed by atoms with E-state index in [2.05, 4.69) is 59.0 Å². The summed E-state index contributed by atoms with van der Waals surface area (Å²) in [6.45, 7) is 8.70. The molecule has 0 spiro atoms. The summed E-state index contributed by atoms with van der Waals surface area (Å²) < 4.78 is 1.95. The van der Waals surface area contributed by atoms with Crippen LogP contribution >= 0.6 is 35.3 Å². The summed E-state index contributed by atoms with van der Waals surface area (Å²) in [5.74, 6) is 0.870. The van der Waals surface area contributed by atoms with Crippen LogP contribution in [0.2, 0.25) is 0 Å². The number of thiophene rings is 1. The SMILES string of the molecule is CCNC(=NCc1cccs1)NCCc1c(C)nn(C)c1C.I. The van der Waals surface area contributed by atoms with Crippen LogP contribution in [0.4, 0.5) is 0 Å². The van der Waals surface area contributed by atoms with E-state index in [0.29, 0.717) is 0 Å². The largest absolute Gasteiger partial charge is 0.357 e. The molecule has 0 aliphatic carbocycles. The van der Waals surface area contributed by atoms with Crippen LogP contribution < -0.4 is 10.6 Å². The predicted octanol–water partition coefficient (Wildman–Crippen LogP) is 3.01. The molecule has 0 aliphatic heterocycles. The summed E-state index contributed by atoms with van der Waals surface area (Å²) in [7, 11) is 1.99. The van der Waals surface area contributed by atoms with Crippen LogP contribution in [0.15, 0.2) is 22.5 Å². The number of guanidine groups is 1. The highest BCUT2D eigenvalue weighted by molar-refractivity contribution is 14.0. The summed E-state index contributed by atoms with van der Waals surface area (Å²) >= 11 is 1.74. The van der Waals surface area contributed by atoms with Crippen molar-refractivity contribution < 1.29 is 0 Å². The van der Waals surface area contributed by atoms with Crippen LogP contribution in [0, 0.1) is 13.8 Å². The normalized spacial score (nSPS) is 11.2. The Hall–Kier alpha value is -1.09. The predicted molar refractivity (Wildman–Crippen MR) is 109 cm³/mol. The Morgan fingerprint density at radius 3 is 2.70 bits per heavy atom. The molecule has 0 atom stereocenters. The van der Waals surface area contributed by atoms with E-state index < -0.39 is 0 Å². The maximum Gasteiger partial charge on any atom is 0.191 e. The lowest BCUT2D eigenvalue weighted by Crippen LogP contribution is -2.38. The molecule has 0 aromatic carbocycles. The summed E-state index contributed by atoms with van der Waals surface area (Å²) in [5, 5.41) is 13.2. The molecule has 7 heteroatoms. The van der Waals surface area contributed by atoms with Crippen LogP contribution in [-0.2, 0) is 20.0 Å². The standard InChI is InChI=1S/C16H25N5S.HI/c1-5-17-16(19-11-14-7-6-10-22-14)18-9-8-15-12(2)20-21(4)13(15)3;/h6-7,10H,5,8-9,11H2,1-4H3,(H2,17,18,19);1H. The lowest BCUT2D eigenvalue weighted by atomic mass is 10.1. The van der Waals surface area contributed by atoms with Gasteiger partial charge in [-0.1, -0.05) is 6.07 Å². The van der Waals surface area contributed by atoms with Gasteiger partial charge in [-0.15, -0.1) is 35.3 Å². The van der Waals surface area contributed by atoms with E-state index in [1.165, 1.54) is 16.1 Å². The molecule has 2 rings (SSSR count). The van der Waals surface area contributed by atoms with Crippen molar-refractivity contribution in [3.63, 3.8) is 0 Å². The lowest BCUT2D eigenvalue weighted by Gasteiger charge is -2.11. The fraction of sp³-hybridized carbons (Fsp3) is 0.500. The van der Waals surface area contributed by atoms with E-state index in [4.69, 9.17) is 0 Å². The van der Waals surface area contributed by atoms with Crippen molar-refractivity contribution in [3.05, 3.63) is 39.3 Å². The smallest absolute Gasteiger partial charge is 0.191 e. The number of nitrogens with zero attached hydrogens (tertiary/aromatic N) is 3. The second-order valence-corrected chi connectivity index (χ2v) is 6.26. The molecule has 0 saturated carbocycles. The average Bonchev–Trinajstić information content (AvgIpc) is 3.08. The summed E-state index contributed by atoms with van der Waals surface area (Å²) in [5.41, 5.74) is 3.67. The minimum atomic E-state index is 0. The van der Waals surface area contributed by atoms with E-state index in [9.17, 15) is 0 Å². The maximum atomic E-state index is 4.62. The van der Waals surface area contributed by atoms with Gasteiger partial charge in [0, 0.05) is 30.7 Å². The number of aromatic nitrogens is 2. The average molecular weight is 447 g/mol. The highest BCUT2D eigenvalue weighted by Crippen LogP contribution is 2.12. The number of nitrogens with one attached hydrogen (secondary N) is 2. The van der Waals surface area contributed by atoms with Gasteiger partial charge in [0.05, 0.1) is 12.2 Å². The first-order valence-corrected chi connectivity index (χ1v) is 8.53. The molecule has 2 N–H and O–H groups in total. The molecule has 0 bridgehead atoms. The van der Waals surface area contributed by atoms with Gasteiger partial charge in [-0.2, -0.15) is 5.10 Å². The molecule has 0 fully saturated rings. The van der Waals surface area contributed by atoms with Crippen molar-refractivity contribution in [2.24, 2.45) is 12.0 Å². The Bertz CT molecular complexity index is 619. The molecular formula is C16H26IN5S. The first-order valence-electron chi connectivity index (χ1n) is 7.65. The maximum absolute atomic E-state index is 4.62. The molecule has 5 nitrogen and oxygen atoms in total. The van der Waals surface area contributed by atoms with Crippen LogP contribution in [-0.4, -0.2) is 28.8 Å². The minimum Gasteiger partial charge on any atom is -0.357 e. The second kappa shape index (κ2) is 9.92. The highest BCUT2D eigenvalue weighted by atomic mass is 127. The molecule has 0 aliphatic rings. The van der Waals surface area contributed by atoms with E-state index in [-0.39, 0.29) is 24.0 Å². The van der Waals surface area contributed by atoms with Crippen LogP contribution in [0.5, 0.6) is 0 Å². The second-order valence-electron chi connectivity index (χ2n) is 5.22. The number of halogens is 1. The molecule has 0 unspecified atom stereocenters. The quantitative estimate of drug-likeness (QED) is 0.407. The molecule has 2 aromatic heterocycles. The van der Waals surface area contributed by atoms with Gasteiger partial charge in [0.1, 0.15) is 0 Å². The Morgan fingerprint density at radius 2 is 2.13 bits per heavy atom. The van der Waals surface area contributed by atoms with Crippen molar-refractivity contribution in [2.75, 3.05) is 13.1 Å². The van der Waals surface area contributed by atoms with Gasteiger partial charge >= 0.3 is 0 Å². The molecule has 23 heavy (non-hydrogen) atoms. The van der Waals surface area contributed by atoms with E-state index in [1.807, 2.05) is 11.7 Å². The van der Waals surface area contributed by atoms with Crippen LogP contribution in [0.25, 0.3) is 0 Å². The van der Waals surface area contributed by atoms with Gasteiger partial charge in [-0.05, 0) is 44.2 Å². The molecule has 0 radical (unpaired) electrons. The Labute approximate surface area is 159 Å². The highest BCUT2D eigenvalue weighted by Gasteiger charge is 2.09. The zero-order valence-electron chi connectivity index (χ0n) is 14.2. The van der Waals surface area contributed by atoms with Gasteiger partial charge in [0.15, 0.2) is 5.96 Å². The third-order valence-electron chi connectivity index (χ3n) is 3.64. The van der Waals surface area contributed by atoms with E-state index in [1.54, 1.807) is 11.3 Å². The van der Waals surface area contributed by atoms with Gasteiger partial charge in [0.2, 0.25) is 0 Å². The van der Waals surface area contributed by atoms with Gasteiger partial charge in [-0.25, -0.2) is 4.99 Å². The third-order valence-corrected chi connectivity index (χ3v) is 4.50. The van der Waals surface area contributed by atoms with Crippen molar-refractivity contribution in [1.29, 1.82) is 0 Å². The molecule has 2 aromatic rings. The molecule has 2 heterocycles. The van der Waals surface area contributed by atoms with Gasteiger partial charge in [-0.3, -0.25) is 4.68 Å². The molecule has 0 saturated heterocycles.